The second kappa shape index (κ2) is 6.15. The molecule has 2 heterocycles. The third-order valence-corrected chi connectivity index (χ3v) is 4.62. The van der Waals surface area contributed by atoms with Gasteiger partial charge in [0.05, 0.1) is 6.54 Å². The molecule has 0 radical (unpaired) electrons. The van der Waals surface area contributed by atoms with E-state index in [2.05, 4.69) is 19.2 Å². The molecule has 5 nitrogen and oxygen atoms in total. The zero-order chi connectivity index (χ0) is 15.7. The van der Waals surface area contributed by atoms with Crippen LogP contribution in [0.1, 0.15) is 50.0 Å². The molecule has 1 saturated carbocycles. The van der Waals surface area contributed by atoms with Crippen molar-refractivity contribution >= 4 is 11.8 Å². The smallest absolute Gasteiger partial charge is 0.271 e. The molecule has 5 heteroatoms. The number of fused-ring (bicyclic) bond motifs is 1. The van der Waals surface area contributed by atoms with Crippen LogP contribution < -0.4 is 5.32 Å². The molecule has 22 heavy (non-hydrogen) atoms. The van der Waals surface area contributed by atoms with Crippen molar-refractivity contribution in [3.63, 3.8) is 0 Å². The summed E-state index contributed by atoms with van der Waals surface area (Å²) in [6, 6.07) is 3.60. The number of hydrogen-bond donors (Lipinski definition) is 1. The van der Waals surface area contributed by atoms with Crippen LogP contribution in [0.2, 0.25) is 0 Å². The molecule has 1 atom stereocenters. The van der Waals surface area contributed by atoms with Crippen LogP contribution in [-0.2, 0) is 11.3 Å². The van der Waals surface area contributed by atoms with Crippen LogP contribution in [-0.4, -0.2) is 39.9 Å². The van der Waals surface area contributed by atoms with E-state index in [0.717, 1.165) is 12.8 Å². The van der Waals surface area contributed by atoms with Crippen molar-refractivity contribution in [2.75, 3.05) is 6.54 Å². The molecule has 1 fully saturated rings. The summed E-state index contributed by atoms with van der Waals surface area (Å²) in [6.45, 7) is 5.33. The zero-order valence-corrected chi connectivity index (χ0v) is 13.4. The van der Waals surface area contributed by atoms with Gasteiger partial charge in [-0.05, 0) is 30.9 Å². The summed E-state index contributed by atoms with van der Waals surface area (Å²) in [6.07, 6.45) is 6.38. The molecule has 1 unspecified atom stereocenters. The van der Waals surface area contributed by atoms with E-state index in [0.29, 0.717) is 24.7 Å². The first-order chi connectivity index (χ1) is 10.6. The highest BCUT2D eigenvalue weighted by Crippen LogP contribution is 2.22. The lowest BCUT2D eigenvalue weighted by atomic mass is 10.1. The van der Waals surface area contributed by atoms with Crippen molar-refractivity contribution in [3.05, 3.63) is 24.0 Å². The van der Waals surface area contributed by atoms with E-state index in [9.17, 15) is 9.59 Å². The number of rotatable bonds is 4. The van der Waals surface area contributed by atoms with Crippen LogP contribution in [0, 0.1) is 5.92 Å². The highest BCUT2D eigenvalue weighted by Gasteiger charge is 2.37. The zero-order valence-electron chi connectivity index (χ0n) is 13.4. The highest BCUT2D eigenvalue weighted by atomic mass is 16.2. The Morgan fingerprint density at radius 1 is 1.36 bits per heavy atom. The third-order valence-electron chi connectivity index (χ3n) is 4.62. The van der Waals surface area contributed by atoms with Gasteiger partial charge in [-0.1, -0.05) is 26.7 Å². The Hall–Kier alpha value is -1.78. The molecule has 1 aliphatic heterocycles. The highest BCUT2D eigenvalue weighted by molar-refractivity contribution is 5.97. The Balaban J connectivity index is 1.80. The molecule has 1 aliphatic carbocycles. The van der Waals surface area contributed by atoms with Crippen molar-refractivity contribution in [3.8, 4) is 0 Å². The van der Waals surface area contributed by atoms with Crippen LogP contribution in [0.25, 0.3) is 0 Å². The van der Waals surface area contributed by atoms with Crippen LogP contribution in [0.15, 0.2) is 18.3 Å². The molecule has 0 spiro atoms. The minimum absolute atomic E-state index is 0.000231. The first-order valence-corrected chi connectivity index (χ1v) is 8.32. The van der Waals surface area contributed by atoms with E-state index in [1.54, 1.807) is 4.90 Å². The summed E-state index contributed by atoms with van der Waals surface area (Å²) in [5.41, 5.74) is 0.686. The lowest BCUT2D eigenvalue weighted by Gasteiger charge is -2.37. The number of nitrogens with zero attached hydrogens (tertiary/aromatic N) is 2. The van der Waals surface area contributed by atoms with Gasteiger partial charge in [-0.3, -0.25) is 9.59 Å². The average molecular weight is 303 g/mol. The number of hydrogen-bond acceptors (Lipinski definition) is 2. The largest absolute Gasteiger partial charge is 0.352 e. The van der Waals surface area contributed by atoms with Gasteiger partial charge in [0.1, 0.15) is 11.7 Å². The van der Waals surface area contributed by atoms with Crippen molar-refractivity contribution in [2.24, 2.45) is 5.92 Å². The molecule has 0 saturated heterocycles. The van der Waals surface area contributed by atoms with Crippen LogP contribution >= 0.6 is 0 Å². The summed E-state index contributed by atoms with van der Waals surface area (Å²) >= 11 is 0. The molecule has 2 aliphatic rings. The molecular weight excluding hydrogens is 278 g/mol. The first-order valence-electron chi connectivity index (χ1n) is 8.32. The van der Waals surface area contributed by atoms with Gasteiger partial charge >= 0.3 is 0 Å². The van der Waals surface area contributed by atoms with E-state index >= 15 is 0 Å². The quantitative estimate of drug-likeness (QED) is 0.925. The minimum atomic E-state index is -0.393. The molecule has 3 rings (SSSR count). The minimum Gasteiger partial charge on any atom is -0.352 e. The molecule has 0 aromatic carbocycles. The Bertz CT molecular complexity index is 558. The summed E-state index contributed by atoms with van der Waals surface area (Å²) < 4.78 is 1.90. The van der Waals surface area contributed by atoms with Gasteiger partial charge in [-0.25, -0.2) is 0 Å². The fourth-order valence-electron chi connectivity index (χ4n) is 3.54. The predicted molar refractivity (Wildman–Crippen MR) is 84.5 cm³/mol. The van der Waals surface area contributed by atoms with Crippen molar-refractivity contribution < 1.29 is 9.59 Å². The molecule has 0 bridgehead atoms. The fourth-order valence-corrected chi connectivity index (χ4v) is 3.54. The molecular formula is C17H25N3O2. The van der Waals surface area contributed by atoms with E-state index < -0.39 is 6.04 Å². The SMILES string of the molecule is CC(C)CN1C(=O)c2cccn2CC1C(=O)NC1CCCC1. The second-order valence-electron chi connectivity index (χ2n) is 6.90. The van der Waals surface area contributed by atoms with Gasteiger partial charge in [0.2, 0.25) is 5.91 Å². The predicted octanol–water partition coefficient (Wildman–Crippen LogP) is 2.03. The number of carbonyl (C=O) groups excluding carboxylic acids is 2. The van der Waals surface area contributed by atoms with E-state index in [1.165, 1.54) is 12.8 Å². The lowest BCUT2D eigenvalue weighted by Crippen LogP contribution is -2.57. The van der Waals surface area contributed by atoms with Crippen molar-refractivity contribution in [1.29, 1.82) is 0 Å². The van der Waals surface area contributed by atoms with E-state index in [4.69, 9.17) is 0 Å². The second-order valence-corrected chi connectivity index (χ2v) is 6.90. The summed E-state index contributed by atoms with van der Waals surface area (Å²) in [7, 11) is 0. The first kappa shape index (κ1) is 15.1. The van der Waals surface area contributed by atoms with Gasteiger partial charge in [0, 0.05) is 18.8 Å². The Labute approximate surface area is 131 Å². The maximum atomic E-state index is 12.7. The number of amides is 2. The fraction of sp³-hybridized carbons (Fsp3) is 0.647. The van der Waals surface area contributed by atoms with Gasteiger partial charge in [-0.15, -0.1) is 0 Å². The number of aromatic nitrogens is 1. The Kier molecular flexibility index (Phi) is 4.23. The van der Waals surface area contributed by atoms with Crippen molar-refractivity contribution in [1.82, 2.24) is 14.8 Å². The van der Waals surface area contributed by atoms with Gasteiger partial charge in [-0.2, -0.15) is 0 Å². The Morgan fingerprint density at radius 3 is 2.77 bits per heavy atom. The molecule has 1 aromatic rings. The van der Waals surface area contributed by atoms with Gasteiger partial charge in [0.25, 0.3) is 5.91 Å². The lowest BCUT2D eigenvalue weighted by molar-refractivity contribution is -0.127. The maximum absolute atomic E-state index is 12.7. The summed E-state index contributed by atoms with van der Waals surface area (Å²) in [5.74, 6) is 0.309. The molecule has 2 amide bonds. The maximum Gasteiger partial charge on any atom is 0.271 e. The van der Waals surface area contributed by atoms with Crippen LogP contribution in [0.5, 0.6) is 0 Å². The number of nitrogens with one attached hydrogen (secondary N) is 1. The van der Waals surface area contributed by atoms with Gasteiger partial charge in [0.15, 0.2) is 0 Å². The molecule has 1 aromatic heterocycles. The van der Waals surface area contributed by atoms with Crippen LogP contribution in [0.3, 0.4) is 0 Å². The summed E-state index contributed by atoms with van der Waals surface area (Å²) in [5, 5.41) is 3.15. The normalized spacial score (nSPS) is 22.2. The Morgan fingerprint density at radius 2 is 2.09 bits per heavy atom. The number of carbonyl (C=O) groups is 2. The summed E-state index contributed by atoms with van der Waals surface area (Å²) in [4.78, 5) is 27.1. The topological polar surface area (TPSA) is 54.3 Å². The van der Waals surface area contributed by atoms with E-state index in [1.807, 2.05) is 22.9 Å². The van der Waals surface area contributed by atoms with Crippen LogP contribution in [0.4, 0.5) is 0 Å². The monoisotopic (exact) mass is 303 g/mol. The van der Waals surface area contributed by atoms with Crippen molar-refractivity contribution in [2.45, 2.75) is 58.2 Å². The average Bonchev–Trinajstić information content (AvgIpc) is 3.12. The molecule has 1 N–H and O–H groups in total. The van der Waals surface area contributed by atoms with Gasteiger partial charge < -0.3 is 14.8 Å². The molecule has 120 valence electrons. The van der Waals surface area contributed by atoms with E-state index in [-0.39, 0.29) is 17.9 Å². The third kappa shape index (κ3) is 2.89. The standard InChI is InChI=1S/C17H25N3O2/c1-12(2)10-20-15(16(21)18-13-6-3-4-7-13)11-19-9-5-8-14(19)17(20)22/h5,8-9,12-13,15H,3-4,6-7,10-11H2,1-2H3,(H,18,21).